The summed E-state index contributed by atoms with van der Waals surface area (Å²) in [5.74, 6) is 0. The molecule has 0 aromatic carbocycles. The first-order chi connectivity index (χ1) is 9.29. The Balaban J connectivity index is 1.43. The molecule has 4 fully saturated rings. The monoisotopic (exact) mass is 288 g/mol. The van der Waals surface area contributed by atoms with Crippen LogP contribution in [0.25, 0.3) is 0 Å². The van der Waals surface area contributed by atoms with Crippen molar-refractivity contribution in [2.75, 3.05) is 0 Å². The van der Waals surface area contributed by atoms with E-state index in [9.17, 15) is 13.2 Å². The Bertz CT molecular complexity index is 529. The lowest BCUT2D eigenvalue weighted by atomic mass is 9.39. The molecule has 4 aliphatic carbocycles. The summed E-state index contributed by atoms with van der Waals surface area (Å²) in [5, 5.41) is 7.98. The zero-order valence-corrected chi connectivity index (χ0v) is 10.7. The average Bonchev–Trinajstić information content (AvgIpc) is 2.63. The molecule has 1 aromatic rings. The number of halogens is 3. The molecule has 20 heavy (non-hydrogen) atoms. The minimum Gasteiger partial charge on any atom is -0.325 e. The number of nitrogens with zero attached hydrogens (tertiary/aromatic N) is 3. The van der Waals surface area contributed by atoms with Crippen molar-refractivity contribution < 1.29 is 17.9 Å². The molecule has 8 heteroatoms. The molecule has 0 aliphatic heterocycles. The molecule has 5 rings (SSSR count). The molecule has 2 bridgehead atoms. The highest BCUT2D eigenvalue weighted by atomic mass is 19.4. The summed E-state index contributed by atoms with van der Waals surface area (Å²) in [7, 11) is 0. The molecule has 2 N–H and O–H groups in total. The number of hydrogen-bond acceptors (Lipinski definition) is 4. The fraction of sp³-hybridized carbons (Fsp3) is 0.833. The van der Waals surface area contributed by atoms with Gasteiger partial charge in [0.25, 0.3) is 0 Å². The minimum atomic E-state index is -4.55. The summed E-state index contributed by atoms with van der Waals surface area (Å²) >= 11 is 0. The topological polar surface area (TPSA) is 66.0 Å². The Kier molecular flexibility index (Phi) is 2.23. The Hall–Kier alpha value is -1.15. The van der Waals surface area contributed by atoms with E-state index in [1.54, 1.807) is 10.9 Å². The summed E-state index contributed by atoms with van der Waals surface area (Å²) in [6.45, 7) is 0. The van der Waals surface area contributed by atoms with E-state index in [2.05, 4.69) is 15.0 Å². The van der Waals surface area contributed by atoms with Crippen molar-refractivity contribution in [2.24, 2.45) is 5.73 Å². The van der Waals surface area contributed by atoms with Gasteiger partial charge in [-0.25, -0.2) is 4.68 Å². The summed E-state index contributed by atoms with van der Waals surface area (Å²) in [6, 6.07) is -0.0393. The standard InChI is InChI=1S/C12H15F3N4O/c13-12(14,15)20-8-1-7(2-8)19-9(3-17-18-19)10-4-11(16,5-10)6-10/h3,7-8H,1-2,4-6,16H2/t7-,8+,10?,11?. The second-order valence-corrected chi connectivity index (χ2v) is 6.55. The SMILES string of the molecule is NC12CC(c3cnnn3[C@H]3C[C@@H](OC(F)(F)F)C3)(C1)C2. The number of nitrogens with two attached hydrogens (primary N) is 1. The highest BCUT2D eigenvalue weighted by molar-refractivity contribution is 5.36. The van der Waals surface area contributed by atoms with Gasteiger partial charge in [0, 0.05) is 11.0 Å². The van der Waals surface area contributed by atoms with Crippen LogP contribution in [0.2, 0.25) is 0 Å². The Morgan fingerprint density at radius 2 is 1.95 bits per heavy atom. The van der Waals surface area contributed by atoms with E-state index < -0.39 is 12.5 Å². The van der Waals surface area contributed by atoms with Crippen molar-refractivity contribution in [3.8, 4) is 0 Å². The summed E-state index contributed by atoms with van der Waals surface area (Å²) in [4.78, 5) is 0. The lowest BCUT2D eigenvalue weighted by Crippen LogP contribution is -2.74. The molecule has 5 nitrogen and oxygen atoms in total. The van der Waals surface area contributed by atoms with Crippen LogP contribution in [0.4, 0.5) is 13.2 Å². The van der Waals surface area contributed by atoms with Crippen molar-refractivity contribution in [1.82, 2.24) is 15.0 Å². The number of rotatable bonds is 3. The van der Waals surface area contributed by atoms with Gasteiger partial charge >= 0.3 is 6.36 Å². The van der Waals surface area contributed by atoms with E-state index in [1.165, 1.54) is 0 Å². The van der Waals surface area contributed by atoms with E-state index in [0.717, 1.165) is 25.0 Å². The van der Waals surface area contributed by atoms with Gasteiger partial charge in [0.15, 0.2) is 0 Å². The Labute approximate surface area is 113 Å². The molecular formula is C12H15F3N4O. The van der Waals surface area contributed by atoms with Gasteiger partial charge in [-0.2, -0.15) is 0 Å². The maximum Gasteiger partial charge on any atom is 0.522 e. The normalized spacial score (nSPS) is 42.6. The molecule has 0 unspecified atom stereocenters. The first-order valence-corrected chi connectivity index (χ1v) is 6.73. The first-order valence-electron chi connectivity index (χ1n) is 6.73. The molecule has 0 atom stereocenters. The lowest BCUT2D eigenvalue weighted by molar-refractivity contribution is -0.353. The molecule has 4 aliphatic rings. The lowest BCUT2D eigenvalue weighted by Gasteiger charge is -2.68. The zero-order valence-electron chi connectivity index (χ0n) is 10.7. The summed E-state index contributed by atoms with van der Waals surface area (Å²) in [5.41, 5.74) is 7.14. The Morgan fingerprint density at radius 1 is 1.30 bits per heavy atom. The van der Waals surface area contributed by atoms with Crippen molar-refractivity contribution >= 4 is 0 Å². The van der Waals surface area contributed by atoms with Crippen molar-refractivity contribution in [1.29, 1.82) is 0 Å². The summed E-state index contributed by atoms with van der Waals surface area (Å²) in [6.07, 6.45) is -0.115. The van der Waals surface area contributed by atoms with Gasteiger partial charge in [-0.3, -0.25) is 4.74 Å². The van der Waals surface area contributed by atoms with Gasteiger partial charge in [0.05, 0.1) is 24.0 Å². The quantitative estimate of drug-likeness (QED) is 0.918. The van der Waals surface area contributed by atoms with E-state index in [-0.39, 0.29) is 17.0 Å². The highest BCUT2D eigenvalue weighted by Crippen LogP contribution is 2.66. The van der Waals surface area contributed by atoms with Gasteiger partial charge in [0.2, 0.25) is 0 Å². The zero-order chi connectivity index (χ0) is 14.2. The van der Waals surface area contributed by atoms with Crippen LogP contribution in [0.5, 0.6) is 0 Å². The van der Waals surface area contributed by atoms with Gasteiger partial charge in [-0.05, 0) is 32.1 Å². The van der Waals surface area contributed by atoms with E-state index in [1.807, 2.05) is 0 Å². The van der Waals surface area contributed by atoms with Crippen LogP contribution in [-0.4, -0.2) is 33.0 Å². The molecule has 4 saturated carbocycles. The average molecular weight is 288 g/mol. The molecular weight excluding hydrogens is 273 g/mol. The minimum absolute atomic E-state index is 0.0172. The number of hydrogen-bond donors (Lipinski definition) is 1. The van der Waals surface area contributed by atoms with Gasteiger partial charge in [0.1, 0.15) is 0 Å². The van der Waals surface area contributed by atoms with E-state index >= 15 is 0 Å². The van der Waals surface area contributed by atoms with Gasteiger partial charge in [-0.15, -0.1) is 18.3 Å². The highest BCUT2D eigenvalue weighted by Gasteiger charge is 2.68. The Morgan fingerprint density at radius 3 is 2.50 bits per heavy atom. The maximum atomic E-state index is 12.1. The number of aromatic nitrogens is 3. The predicted molar refractivity (Wildman–Crippen MR) is 61.7 cm³/mol. The van der Waals surface area contributed by atoms with E-state index in [0.29, 0.717) is 12.8 Å². The van der Waals surface area contributed by atoms with Crippen molar-refractivity contribution in [3.05, 3.63) is 11.9 Å². The summed E-state index contributed by atoms with van der Waals surface area (Å²) < 4.78 is 42.1. The van der Waals surface area contributed by atoms with Gasteiger partial charge in [-0.1, -0.05) is 5.21 Å². The molecule has 0 spiro atoms. The molecule has 1 aromatic heterocycles. The van der Waals surface area contributed by atoms with E-state index in [4.69, 9.17) is 5.73 Å². The van der Waals surface area contributed by atoms with Crippen LogP contribution < -0.4 is 5.73 Å². The second-order valence-electron chi connectivity index (χ2n) is 6.55. The third kappa shape index (κ3) is 1.70. The molecule has 110 valence electrons. The third-order valence-electron chi connectivity index (χ3n) is 4.91. The third-order valence-corrected chi connectivity index (χ3v) is 4.91. The first kappa shape index (κ1) is 12.6. The van der Waals surface area contributed by atoms with Crippen LogP contribution in [0.15, 0.2) is 6.20 Å². The van der Waals surface area contributed by atoms with Crippen LogP contribution in [0.3, 0.4) is 0 Å². The number of alkyl halides is 3. The maximum absolute atomic E-state index is 12.1. The fourth-order valence-corrected chi connectivity index (χ4v) is 4.05. The molecule has 0 saturated heterocycles. The largest absolute Gasteiger partial charge is 0.522 e. The van der Waals surface area contributed by atoms with Crippen molar-refractivity contribution in [3.63, 3.8) is 0 Å². The van der Waals surface area contributed by atoms with Crippen LogP contribution in [-0.2, 0) is 10.2 Å². The second kappa shape index (κ2) is 3.54. The predicted octanol–water partition coefficient (Wildman–Crippen LogP) is 1.65. The molecule has 1 heterocycles. The van der Waals surface area contributed by atoms with Crippen LogP contribution in [0, 0.1) is 0 Å². The fourth-order valence-electron chi connectivity index (χ4n) is 4.05. The molecule has 0 radical (unpaired) electrons. The smallest absolute Gasteiger partial charge is 0.325 e. The van der Waals surface area contributed by atoms with Crippen molar-refractivity contribution in [2.45, 2.75) is 61.6 Å². The van der Waals surface area contributed by atoms with Crippen LogP contribution >= 0.6 is 0 Å². The molecule has 0 amide bonds. The van der Waals surface area contributed by atoms with Gasteiger partial charge < -0.3 is 5.73 Å². The van der Waals surface area contributed by atoms with Crippen LogP contribution in [0.1, 0.15) is 43.8 Å². The number of ether oxygens (including phenoxy) is 1.